The maximum Gasteiger partial charge on any atom is 0.202 e. The Morgan fingerprint density at radius 3 is 2.94 bits per heavy atom. The van der Waals surface area contributed by atoms with Crippen molar-refractivity contribution in [2.45, 2.75) is 58.3 Å². The lowest BCUT2D eigenvalue weighted by molar-refractivity contribution is 0.491. The van der Waals surface area contributed by atoms with E-state index in [9.17, 15) is 0 Å². The fourth-order valence-electron chi connectivity index (χ4n) is 2.54. The number of nitrogens with zero attached hydrogens (tertiary/aromatic N) is 2. The van der Waals surface area contributed by atoms with Gasteiger partial charge < -0.3 is 5.32 Å². The number of anilines is 1. The number of aryl methyl sites for hydroxylation is 1. The number of hydrogen-bond donors (Lipinski definition) is 1. The zero-order chi connectivity index (χ0) is 11.9. The minimum atomic E-state index is 0.996. The molecular weight excluding hydrogens is 230 g/mol. The van der Waals surface area contributed by atoms with Crippen molar-refractivity contribution in [3.8, 4) is 0 Å². The molecule has 0 aliphatic heterocycles. The van der Waals surface area contributed by atoms with Gasteiger partial charge in [0.05, 0.1) is 0 Å². The number of aromatic nitrogens is 2. The highest BCUT2D eigenvalue weighted by molar-refractivity contribution is 7.09. The van der Waals surface area contributed by atoms with Crippen molar-refractivity contribution in [3.63, 3.8) is 0 Å². The standard InChI is InChI=1S/C13H23N3S/c1-2-6-12-15-13(17-16-12)14-10-5-9-11-7-3-4-8-11/h11H,2-10H2,1H3,(H,14,15,16). The molecule has 17 heavy (non-hydrogen) atoms. The minimum absolute atomic E-state index is 0.996. The SMILES string of the molecule is CCCc1nsc(NCCCC2CCCC2)n1. The summed E-state index contributed by atoms with van der Waals surface area (Å²) in [6.07, 6.45) is 10.6. The van der Waals surface area contributed by atoms with E-state index in [0.29, 0.717) is 0 Å². The fourth-order valence-corrected chi connectivity index (χ4v) is 3.17. The topological polar surface area (TPSA) is 37.8 Å². The van der Waals surface area contributed by atoms with Gasteiger partial charge in [0, 0.05) is 24.5 Å². The molecule has 0 atom stereocenters. The third-order valence-electron chi connectivity index (χ3n) is 3.48. The maximum absolute atomic E-state index is 4.47. The molecule has 0 amide bonds. The molecule has 1 saturated carbocycles. The molecule has 1 aromatic heterocycles. The van der Waals surface area contributed by atoms with Crippen molar-refractivity contribution in [1.82, 2.24) is 9.36 Å². The van der Waals surface area contributed by atoms with Crippen LogP contribution in [0, 0.1) is 5.92 Å². The van der Waals surface area contributed by atoms with Gasteiger partial charge in [0.25, 0.3) is 0 Å². The third kappa shape index (κ3) is 4.26. The molecule has 0 saturated heterocycles. The molecule has 2 rings (SSSR count). The maximum atomic E-state index is 4.47. The van der Waals surface area contributed by atoms with Gasteiger partial charge in [0.1, 0.15) is 5.82 Å². The first kappa shape index (κ1) is 12.8. The summed E-state index contributed by atoms with van der Waals surface area (Å²) in [5.74, 6) is 2.00. The van der Waals surface area contributed by atoms with Gasteiger partial charge in [-0.25, -0.2) is 4.98 Å². The van der Waals surface area contributed by atoms with E-state index in [1.54, 1.807) is 0 Å². The van der Waals surface area contributed by atoms with Crippen molar-refractivity contribution in [3.05, 3.63) is 5.82 Å². The lowest BCUT2D eigenvalue weighted by Crippen LogP contribution is -2.04. The van der Waals surface area contributed by atoms with Gasteiger partial charge in [-0.3, -0.25) is 0 Å². The molecule has 1 heterocycles. The summed E-state index contributed by atoms with van der Waals surface area (Å²) in [4.78, 5) is 4.47. The van der Waals surface area contributed by atoms with Crippen molar-refractivity contribution in [2.24, 2.45) is 5.92 Å². The highest BCUT2D eigenvalue weighted by Gasteiger charge is 2.14. The average Bonchev–Trinajstić information content (AvgIpc) is 2.96. The van der Waals surface area contributed by atoms with Crippen LogP contribution < -0.4 is 5.32 Å². The molecule has 3 nitrogen and oxygen atoms in total. The van der Waals surface area contributed by atoms with Gasteiger partial charge in [-0.2, -0.15) is 4.37 Å². The molecule has 0 bridgehead atoms. The number of hydrogen-bond acceptors (Lipinski definition) is 4. The molecule has 96 valence electrons. The van der Waals surface area contributed by atoms with Crippen molar-refractivity contribution in [1.29, 1.82) is 0 Å². The number of rotatable bonds is 7. The van der Waals surface area contributed by atoms with Crippen LogP contribution >= 0.6 is 11.5 Å². The van der Waals surface area contributed by atoms with E-state index in [1.807, 2.05) is 0 Å². The molecule has 1 N–H and O–H groups in total. The van der Waals surface area contributed by atoms with E-state index >= 15 is 0 Å². The van der Waals surface area contributed by atoms with Crippen LogP contribution in [-0.4, -0.2) is 15.9 Å². The van der Waals surface area contributed by atoms with Crippen LogP contribution in [0.2, 0.25) is 0 Å². The Morgan fingerprint density at radius 1 is 1.35 bits per heavy atom. The molecule has 1 fully saturated rings. The van der Waals surface area contributed by atoms with Gasteiger partial charge >= 0.3 is 0 Å². The van der Waals surface area contributed by atoms with Gasteiger partial charge in [-0.05, 0) is 25.2 Å². The summed E-state index contributed by atoms with van der Waals surface area (Å²) in [6, 6.07) is 0. The molecule has 4 heteroatoms. The van der Waals surface area contributed by atoms with E-state index < -0.39 is 0 Å². The molecule has 1 aliphatic carbocycles. The van der Waals surface area contributed by atoms with Crippen LogP contribution in [0.25, 0.3) is 0 Å². The largest absolute Gasteiger partial charge is 0.360 e. The Labute approximate surface area is 108 Å². The normalized spacial score (nSPS) is 16.5. The van der Waals surface area contributed by atoms with Crippen LogP contribution in [0.5, 0.6) is 0 Å². The predicted molar refractivity (Wildman–Crippen MR) is 73.6 cm³/mol. The quantitative estimate of drug-likeness (QED) is 0.750. The summed E-state index contributed by atoms with van der Waals surface area (Å²) < 4.78 is 4.33. The Kier molecular flexibility index (Phi) is 5.23. The smallest absolute Gasteiger partial charge is 0.202 e. The Balaban J connectivity index is 1.60. The Bertz CT molecular complexity index is 318. The van der Waals surface area contributed by atoms with E-state index in [-0.39, 0.29) is 0 Å². The van der Waals surface area contributed by atoms with Gasteiger partial charge in [-0.15, -0.1) is 0 Å². The van der Waals surface area contributed by atoms with Crippen molar-refractivity contribution < 1.29 is 0 Å². The molecule has 1 aliphatic rings. The second-order valence-electron chi connectivity index (χ2n) is 4.99. The van der Waals surface area contributed by atoms with Crippen LogP contribution in [0.1, 0.15) is 57.7 Å². The average molecular weight is 253 g/mol. The van der Waals surface area contributed by atoms with Gasteiger partial charge in [0.15, 0.2) is 0 Å². The highest BCUT2D eigenvalue weighted by atomic mass is 32.1. The summed E-state index contributed by atoms with van der Waals surface area (Å²) >= 11 is 1.50. The van der Waals surface area contributed by atoms with Crippen molar-refractivity contribution in [2.75, 3.05) is 11.9 Å². The molecule has 0 aromatic carbocycles. The second-order valence-corrected chi connectivity index (χ2v) is 5.74. The summed E-state index contributed by atoms with van der Waals surface area (Å²) in [6.45, 7) is 3.22. The minimum Gasteiger partial charge on any atom is -0.360 e. The lowest BCUT2D eigenvalue weighted by atomic mass is 10.0. The Hall–Kier alpha value is -0.640. The van der Waals surface area contributed by atoms with Gasteiger partial charge in [-0.1, -0.05) is 32.6 Å². The highest BCUT2D eigenvalue weighted by Crippen LogP contribution is 2.28. The summed E-state index contributed by atoms with van der Waals surface area (Å²) in [5.41, 5.74) is 0. The first-order chi connectivity index (χ1) is 8.38. The fraction of sp³-hybridized carbons (Fsp3) is 0.846. The van der Waals surface area contributed by atoms with E-state index in [2.05, 4.69) is 21.6 Å². The molecule has 0 unspecified atom stereocenters. The van der Waals surface area contributed by atoms with Gasteiger partial charge in [0.2, 0.25) is 5.13 Å². The molecular formula is C13H23N3S. The zero-order valence-electron chi connectivity index (χ0n) is 10.7. The van der Waals surface area contributed by atoms with Crippen LogP contribution in [0.15, 0.2) is 0 Å². The summed E-state index contributed by atoms with van der Waals surface area (Å²) in [7, 11) is 0. The first-order valence-electron chi connectivity index (χ1n) is 6.95. The van der Waals surface area contributed by atoms with Crippen molar-refractivity contribution >= 4 is 16.7 Å². The lowest BCUT2D eigenvalue weighted by Gasteiger charge is -2.08. The van der Waals surface area contributed by atoms with E-state index in [0.717, 1.165) is 36.3 Å². The third-order valence-corrected chi connectivity index (χ3v) is 4.19. The van der Waals surface area contributed by atoms with E-state index in [1.165, 1.54) is 50.1 Å². The summed E-state index contributed by atoms with van der Waals surface area (Å²) in [5, 5.41) is 4.39. The molecule has 0 radical (unpaired) electrons. The Morgan fingerprint density at radius 2 is 2.18 bits per heavy atom. The monoisotopic (exact) mass is 253 g/mol. The number of nitrogens with one attached hydrogen (secondary N) is 1. The molecule has 1 aromatic rings. The second kappa shape index (κ2) is 6.94. The first-order valence-corrected chi connectivity index (χ1v) is 7.72. The van der Waals surface area contributed by atoms with Crippen LogP contribution in [0.4, 0.5) is 5.13 Å². The predicted octanol–water partition coefficient (Wildman–Crippen LogP) is 3.87. The van der Waals surface area contributed by atoms with E-state index in [4.69, 9.17) is 0 Å². The van der Waals surface area contributed by atoms with Crippen LogP contribution in [0.3, 0.4) is 0 Å². The van der Waals surface area contributed by atoms with Crippen LogP contribution in [-0.2, 0) is 6.42 Å². The zero-order valence-corrected chi connectivity index (χ0v) is 11.6. The molecule has 0 spiro atoms.